The minimum Gasteiger partial charge on any atom is -0.376 e. The lowest BCUT2D eigenvalue weighted by Crippen LogP contribution is -2.26. The second-order valence-electron chi connectivity index (χ2n) is 5.77. The SMILES string of the molecule is CN(C)c1ccc2cc1Nc1ncc(Br)c(n1)NCCCNS2(=O)=O. The second-order valence-corrected chi connectivity index (χ2v) is 8.39. The molecule has 1 aliphatic rings. The van der Waals surface area contributed by atoms with Gasteiger partial charge in [0.05, 0.1) is 20.7 Å². The van der Waals surface area contributed by atoms with Crippen LogP contribution in [0.4, 0.5) is 23.1 Å². The predicted molar refractivity (Wildman–Crippen MR) is 102 cm³/mol. The summed E-state index contributed by atoms with van der Waals surface area (Å²) in [6.45, 7) is 0.918. The van der Waals surface area contributed by atoms with Gasteiger partial charge in [0.15, 0.2) is 0 Å². The smallest absolute Gasteiger partial charge is 0.240 e. The summed E-state index contributed by atoms with van der Waals surface area (Å²) in [7, 11) is 0.199. The van der Waals surface area contributed by atoms with Crippen molar-refractivity contribution in [1.29, 1.82) is 0 Å². The second kappa shape index (κ2) is 7.14. The Kier molecular flexibility index (Phi) is 5.11. The van der Waals surface area contributed by atoms with Gasteiger partial charge in [0.2, 0.25) is 16.0 Å². The minimum atomic E-state index is -3.57. The van der Waals surface area contributed by atoms with Crippen molar-refractivity contribution in [1.82, 2.24) is 14.7 Å². The van der Waals surface area contributed by atoms with E-state index in [1.54, 1.807) is 24.4 Å². The standard InChI is InChI=1S/C15H19BrN6O2S/c1-22(2)13-5-4-10-8-12(13)20-15-18-9-11(16)14(21-15)17-6-3-7-19-25(10,23)24/h4-5,8-9,19H,3,6-7H2,1-2H3,(H2,17,18,20,21). The number of sulfonamides is 1. The largest absolute Gasteiger partial charge is 0.376 e. The average Bonchev–Trinajstić information content (AvgIpc) is 2.56. The highest BCUT2D eigenvalue weighted by atomic mass is 79.9. The van der Waals surface area contributed by atoms with Crippen LogP contribution in [0.1, 0.15) is 6.42 Å². The zero-order valence-electron chi connectivity index (χ0n) is 13.9. The molecule has 25 heavy (non-hydrogen) atoms. The summed E-state index contributed by atoms with van der Waals surface area (Å²) in [4.78, 5) is 10.8. The number of hydrogen-bond acceptors (Lipinski definition) is 7. The molecular weight excluding hydrogens is 408 g/mol. The molecule has 0 atom stereocenters. The number of aromatic nitrogens is 2. The summed E-state index contributed by atoms with van der Waals surface area (Å²) in [6.07, 6.45) is 2.28. The fourth-order valence-corrected chi connectivity index (χ4v) is 3.86. The number of benzene rings is 1. The molecule has 1 aliphatic heterocycles. The van der Waals surface area contributed by atoms with E-state index in [2.05, 4.69) is 41.3 Å². The first kappa shape index (κ1) is 17.9. The predicted octanol–water partition coefficient (Wildman–Crippen LogP) is 2.14. The topological polar surface area (TPSA) is 99.2 Å². The minimum absolute atomic E-state index is 0.199. The van der Waals surface area contributed by atoms with E-state index in [4.69, 9.17) is 0 Å². The first-order valence-electron chi connectivity index (χ1n) is 7.71. The van der Waals surface area contributed by atoms with Gasteiger partial charge in [-0.3, -0.25) is 0 Å². The fraction of sp³-hybridized carbons (Fsp3) is 0.333. The average molecular weight is 427 g/mol. The van der Waals surface area contributed by atoms with Crippen LogP contribution in [0.5, 0.6) is 0 Å². The number of nitrogens with one attached hydrogen (secondary N) is 3. The Bertz CT molecular complexity index is 888. The van der Waals surface area contributed by atoms with E-state index >= 15 is 0 Å². The van der Waals surface area contributed by atoms with Crippen LogP contribution in [0.2, 0.25) is 0 Å². The van der Waals surface area contributed by atoms with Crippen molar-refractivity contribution >= 4 is 49.1 Å². The van der Waals surface area contributed by atoms with Gasteiger partial charge >= 0.3 is 0 Å². The highest BCUT2D eigenvalue weighted by molar-refractivity contribution is 9.10. The van der Waals surface area contributed by atoms with E-state index < -0.39 is 10.0 Å². The molecule has 0 radical (unpaired) electrons. The van der Waals surface area contributed by atoms with E-state index in [9.17, 15) is 8.42 Å². The van der Waals surface area contributed by atoms with Gasteiger partial charge < -0.3 is 15.5 Å². The van der Waals surface area contributed by atoms with Crippen LogP contribution < -0.4 is 20.3 Å². The lowest BCUT2D eigenvalue weighted by Gasteiger charge is -2.19. The molecule has 3 rings (SSSR count). The Labute approximate surface area is 155 Å². The van der Waals surface area contributed by atoms with E-state index in [0.29, 0.717) is 37.0 Å². The van der Waals surface area contributed by atoms with Crippen LogP contribution in [-0.2, 0) is 10.0 Å². The van der Waals surface area contributed by atoms with E-state index in [-0.39, 0.29) is 4.90 Å². The molecule has 0 aliphatic carbocycles. The summed E-state index contributed by atoms with van der Waals surface area (Å²) < 4.78 is 28.3. The van der Waals surface area contributed by atoms with Crippen LogP contribution in [0.25, 0.3) is 0 Å². The molecular formula is C15H19BrN6O2S. The molecule has 3 N–H and O–H groups in total. The van der Waals surface area contributed by atoms with Crippen molar-refractivity contribution in [2.45, 2.75) is 11.3 Å². The van der Waals surface area contributed by atoms with Gasteiger partial charge in [-0.15, -0.1) is 0 Å². The van der Waals surface area contributed by atoms with Crippen molar-refractivity contribution in [2.75, 3.05) is 42.7 Å². The normalized spacial score (nSPS) is 16.4. The first-order valence-corrected chi connectivity index (χ1v) is 9.99. The van der Waals surface area contributed by atoms with Crippen molar-refractivity contribution < 1.29 is 8.42 Å². The lowest BCUT2D eigenvalue weighted by atomic mass is 10.2. The van der Waals surface area contributed by atoms with E-state index in [1.165, 1.54) is 0 Å². The van der Waals surface area contributed by atoms with Gasteiger partial charge in [0.25, 0.3) is 0 Å². The quantitative estimate of drug-likeness (QED) is 0.642. The van der Waals surface area contributed by atoms with Crippen LogP contribution in [0.3, 0.4) is 0 Å². The van der Waals surface area contributed by atoms with Crippen molar-refractivity contribution in [3.8, 4) is 0 Å². The summed E-state index contributed by atoms with van der Waals surface area (Å²) in [5.41, 5.74) is 1.44. The molecule has 134 valence electrons. The molecule has 2 aromatic rings. The zero-order chi connectivity index (χ0) is 18.0. The Morgan fingerprint density at radius 1 is 1.24 bits per heavy atom. The highest BCUT2D eigenvalue weighted by Gasteiger charge is 2.18. The maximum atomic E-state index is 12.5. The molecule has 0 unspecified atom stereocenters. The maximum Gasteiger partial charge on any atom is 0.240 e. The molecule has 0 amide bonds. The monoisotopic (exact) mass is 426 g/mol. The molecule has 0 saturated carbocycles. The number of nitrogens with zero attached hydrogens (tertiary/aromatic N) is 3. The van der Waals surface area contributed by atoms with Gasteiger partial charge in [0, 0.05) is 33.4 Å². The van der Waals surface area contributed by atoms with Crippen LogP contribution in [0, 0.1) is 0 Å². The Hall–Kier alpha value is -1.91. The van der Waals surface area contributed by atoms with Crippen molar-refractivity contribution in [2.24, 2.45) is 0 Å². The third-order valence-corrected chi connectivity index (χ3v) is 5.73. The van der Waals surface area contributed by atoms with Gasteiger partial charge in [-0.05, 0) is 40.5 Å². The third kappa shape index (κ3) is 4.02. The number of anilines is 4. The lowest BCUT2D eigenvalue weighted by molar-refractivity contribution is 0.580. The van der Waals surface area contributed by atoms with E-state index in [0.717, 1.165) is 10.2 Å². The zero-order valence-corrected chi connectivity index (χ0v) is 16.3. The Morgan fingerprint density at radius 2 is 2.04 bits per heavy atom. The van der Waals surface area contributed by atoms with Crippen molar-refractivity contribution in [3.05, 3.63) is 28.9 Å². The maximum absolute atomic E-state index is 12.5. The van der Waals surface area contributed by atoms with Crippen LogP contribution in [0.15, 0.2) is 33.8 Å². The highest BCUT2D eigenvalue weighted by Crippen LogP contribution is 2.30. The number of hydrogen-bond donors (Lipinski definition) is 3. The van der Waals surface area contributed by atoms with Gasteiger partial charge in [0.1, 0.15) is 5.82 Å². The molecule has 1 aromatic carbocycles. The first-order chi connectivity index (χ1) is 11.9. The van der Waals surface area contributed by atoms with Crippen molar-refractivity contribution in [3.63, 3.8) is 0 Å². The molecule has 0 spiro atoms. The molecule has 10 heteroatoms. The summed E-state index contributed by atoms with van der Waals surface area (Å²) >= 11 is 3.42. The summed E-state index contributed by atoms with van der Waals surface area (Å²) in [5.74, 6) is 1.04. The Morgan fingerprint density at radius 3 is 2.80 bits per heavy atom. The molecule has 0 fully saturated rings. The Balaban J connectivity index is 2.12. The van der Waals surface area contributed by atoms with Gasteiger partial charge in [-0.2, -0.15) is 4.98 Å². The fourth-order valence-electron chi connectivity index (χ4n) is 2.43. The molecule has 8 nitrogen and oxygen atoms in total. The molecule has 0 saturated heterocycles. The number of halogens is 1. The van der Waals surface area contributed by atoms with Gasteiger partial charge in [-0.1, -0.05) is 0 Å². The summed E-state index contributed by atoms with van der Waals surface area (Å²) in [5, 5.41) is 6.30. The van der Waals surface area contributed by atoms with Crippen LogP contribution in [-0.4, -0.2) is 45.6 Å². The van der Waals surface area contributed by atoms with E-state index in [1.807, 2.05) is 19.0 Å². The molecule has 4 bridgehead atoms. The molecule has 2 heterocycles. The summed E-state index contributed by atoms with van der Waals surface area (Å²) in [6, 6.07) is 4.94. The number of fused-ring (bicyclic) bond motifs is 4. The van der Waals surface area contributed by atoms with Crippen LogP contribution >= 0.6 is 15.9 Å². The third-order valence-electron chi connectivity index (χ3n) is 3.69. The molecule has 1 aromatic heterocycles. The number of rotatable bonds is 1. The van der Waals surface area contributed by atoms with Gasteiger partial charge in [-0.25, -0.2) is 18.1 Å².